The molecule has 12 heteroatoms. The summed E-state index contributed by atoms with van der Waals surface area (Å²) in [5.74, 6) is 1.04. The van der Waals surface area contributed by atoms with Gasteiger partial charge in [0.05, 0.1) is 11.1 Å². The molecule has 0 fully saturated rings. The van der Waals surface area contributed by atoms with Gasteiger partial charge < -0.3 is 20.8 Å². The van der Waals surface area contributed by atoms with Crippen LogP contribution in [0.5, 0.6) is 0 Å². The van der Waals surface area contributed by atoms with Crippen molar-refractivity contribution in [3.63, 3.8) is 0 Å². The molecule has 2 atom stereocenters. The average Bonchev–Trinajstić information content (AvgIpc) is 3.14. The Labute approximate surface area is 193 Å². The molecule has 2 unspecified atom stereocenters. The SMILES string of the molecule is CNC(C)C1Nc2cc(cc(NC(=O)c3ccc(Cl)cn3)n2)-c2ncnc3nc(C)n(c23)O1. The number of anilines is 2. The second-order valence-electron chi connectivity index (χ2n) is 7.54. The van der Waals surface area contributed by atoms with Gasteiger partial charge in [0, 0.05) is 11.8 Å². The fourth-order valence-corrected chi connectivity index (χ4v) is 3.60. The van der Waals surface area contributed by atoms with Gasteiger partial charge in [-0.25, -0.2) is 24.9 Å². The highest BCUT2D eigenvalue weighted by Crippen LogP contribution is 2.31. The van der Waals surface area contributed by atoms with E-state index in [4.69, 9.17) is 16.4 Å². The molecule has 168 valence electrons. The monoisotopic (exact) mass is 465 g/mol. The third kappa shape index (κ3) is 3.92. The number of carbonyl (C=O) groups excluding carboxylic acids is 1. The minimum atomic E-state index is -0.513. The Morgan fingerprint density at radius 1 is 1.24 bits per heavy atom. The highest BCUT2D eigenvalue weighted by atomic mass is 35.5. The van der Waals surface area contributed by atoms with Crippen LogP contribution in [0.2, 0.25) is 5.02 Å². The van der Waals surface area contributed by atoms with Crippen molar-refractivity contribution in [2.24, 2.45) is 0 Å². The summed E-state index contributed by atoms with van der Waals surface area (Å²) in [5, 5.41) is 9.72. The number of aromatic nitrogens is 6. The van der Waals surface area contributed by atoms with Crippen molar-refractivity contribution in [3.05, 3.63) is 53.3 Å². The molecule has 0 aliphatic carbocycles. The van der Waals surface area contributed by atoms with Crippen molar-refractivity contribution in [1.29, 1.82) is 0 Å². The molecule has 2 bridgehead atoms. The number of pyridine rings is 2. The van der Waals surface area contributed by atoms with Crippen LogP contribution in [0.3, 0.4) is 0 Å². The van der Waals surface area contributed by atoms with Gasteiger partial charge in [0.25, 0.3) is 5.91 Å². The number of hydrogen-bond donors (Lipinski definition) is 3. The van der Waals surface area contributed by atoms with Gasteiger partial charge in [-0.2, -0.15) is 4.73 Å². The predicted molar refractivity (Wildman–Crippen MR) is 123 cm³/mol. The van der Waals surface area contributed by atoms with Crippen LogP contribution in [0.25, 0.3) is 22.4 Å². The van der Waals surface area contributed by atoms with Crippen LogP contribution < -0.4 is 20.8 Å². The van der Waals surface area contributed by atoms with E-state index < -0.39 is 12.1 Å². The fourth-order valence-electron chi connectivity index (χ4n) is 3.49. The van der Waals surface area contributed by atoms with Crippen molar-refractivity contribution in [2.75, 3.05) is 17.7 Å². The molecule has 1 amide bonds. The molecule has 0 aromatic carbocycles. The van der Waals surface area contributed by atoms with Crippen molar-refractivity contribution in [1.82, 2.24) is 35.0 Å². The highest BCUT2D eigenvalue weighted by molar-refractivity contribution is 6.30. The zero-order valence-electron chi connectivity index (χ0n) is 18.0. The van der Waals surface area contributed by atoms with Gasteiger partial charge in [0.2, 0.25) is 6.23 Å². The standard InChI is InChI=1S/C21H20ClN9O2/c1-10(23-3)21-30-16-7-12(17-18-19(26-9-25-17)27-11(2)31(18)33-21)6-15(28-16)29-20(32)14-5-4-13(22)8-24-14/h4-10,21,23H,1-3H3,(H2,28,29,30,32). The largest absolute Gasteiger partial charge is 0.385 e. The molecular weight excluding hydrogens is 446 g/mol. The first-order valence-electron chi connectivity index (χ1n) is 10.2. The van der Waals surface area contributed by atoms with Crippen molar-refractivity contribution in [2.45, 2.75) is 26.1 Å². The molecule has 1 aliphatic rings. The summed E-state index contributed by atoms with van der Waals surface area (Å²) in [5.41, 5.74) is 2.66. The molecule has 11 nitrogen and oxygen atoms in total. The number of imidazole rings is 1. The minimum absolute atomic E-state index is 0.102. The molecule has 5 rings (SSSR count). The molecular formula is C21H20ClN9O2. The van der Waals surface area contributed by atoms with Gasteiger partial charge in [0.1, 0.15) is 35.2 Å². The number of likely N-dealkylation sites (N-methyl/N-ethyl adjacent to an activating group) is 1. The summed E-state index contributed by atoms with van der Waals surface area (Å²) in [6, 6.07) is 6.62. The first kappa shape index (κ1) is 21.0. The van der Waals surface area contributed by atoms with E-state index in [2.05, 4.69) is 40.9 Å². The van der Waals surface area contributed by atoms with Crippen molar-refractivity contribution >= 4 is 40.3 Å². The topological polar surface area (TPSA) is 132 Å². The summed E-state index contributed by atoms with van der Waals surface area (Å²) in [4.78, 5) is 40.9. The summed E-state index contributed by atoms with van der Waals surface area (Å²) in [6.45, 7) is 3.81. The number of nitrogens with one attached hydrogen (secondary N) is 3. The number of halogens is 1. The second-order valence-corrected chi connectivity index (χ2v) is 7.97. The van der Waals surface area contributed by atoms with Crippen LogP contribution in [0.1, 0.15) is 23.2 Å². The molecule has 5 heterocycles. The molecule has 3 N–H and O–H groups in total. The Kier molecular flexibility index (Phi) is 5.27. The van der Waals surface area contributed by atoms with E-state index in [1.54, 1.807) is 22.9 Å². The number of carbonyl (C=O) groups is 1. The van der Waals surface area contributed by atoms with Crippen LogP contribution in [0, 0.1) is 6.92 Å². The predicted octanol–water partition coefficient (Wildman–Crippen LogP) is 2.29. The lowest BCUT2D eigenvalue weighted by Crippen LogP contribution is -2.47. The Hall–Kier alpha value is -3.83. The zero-order valence-corrected chi connectivity index (χ0v) is 18.8. The lowest BCUT2D eigenvalue weighted by molar-refractivity contribution is 0.0388. The Bertz CT molecular complexity index is 1360. The molecule has 1 aliphatic heterocycles. The average molecular weight is 466 g/mol. The lowest BCUT2D eigenvalue weighted by atomic mass is 10.1. The maximum Gasteiger partial charge on any atom is 0.275 e. The normalized spacial score (nSPS) is 15.6. The second kappa shape index (κ2) is 8.26. The third-order valence-corrected chi connectivity index (χ3v) is 5.51. The Morgan fingerprint density at radius 2 is 2.09 bits per heavy atom. The number of nitrogens with zero attached hydrogens (tertiary/aromatic N) is 6. The van der Waals surface area contributed by atoms with Gasteiger partial charge in [-0.15, -0.1) is 0 Å². The molecule has 0 saturated carbocycles. The smallest absolute Gasteiger partial charge is 0.275 e. The summed E-state index contributed by atoms with van der Waals surface area (Å²) >= 11 is 5.88. The van der Waals surface area contributed by atoms with Gasteiger partial charge >= 0.3 is 0 Å². The van der Waals surface area contributed by atoms with E-state index in [0.717, 1.165) is 0 Å². The number of hydrogen-bond acceptors (Lipinski definition) is 9. The van der Waals surface area contributed by atoms with E-state index in [1.807, 2.05) is 27.0 Å². The summed E-state index contributed by atoms with van der Waals surface area (Å²) in [7, 11) is 1.84. The van der Waals surface area contributed by atoms with Crippen LogP contribution in [-0.4, -0.2) is 54.9 Å². The van der Waals surface area contributed by atoms with Crippen LogP contribution in [-0.2, 0) is 0 Å². The molecule has 33 heavy (non-hydrogen) atoms. The number of rotatable bonds is 4. The summed E-state index contributed by atoms with van der Waals surface area (Å²) < 4.78 is 1.63. The zero-order chi connectivity index (χ0) is 23.1. The van der Waals surface area contributed by atoms with E-state index in [0.29, 0.717) is 44.9 Å². The maximum atomic E-state index is 12.7. The Morgan fingerprint density at radius 3 is 2.85 bits per heavy atom. The molecule has 0 spiro atoms. The van der Waals surface area contributed by atoms with E-state index in [1.165, 1.54) is 12.5 Å². The summed E-state index contributed by atoms with van der Waals surface area (Å²) in [6.07, 6.45) is 2.35. The molecule has 4 aromatic heterocycles. The number of amides is 1. The van der Waals surface area contributed by atoms with E-state index in [-0.39, 0.29) is 11.7 Å². The van der Waals surface area contributed by atoms with Gasteiger partial charge in [-0.05, 0) is 45.2 Å². The number of aryl methyl sites for hydroxylation is 1. The molecule has 4 aromatic rings. The van der Waals surface area contributed by atoms with E-state index >= 15 is 0 Å². The highest BCUT2D eigenvalue weighted by Gasteiger charge is 2.26. The van der Waals surface area contributed by atoms with Gasteiger partial charge in [-0.1, -0.05) is 11.6 Å². The fraction of sp³-hybridized carbons (Fsp3) is 0.238. The lowest BCUT2D eigenvalue weighted by Gasteiger charge is -2.26. The van der Waals surface area contributed by atoms with E-state index in [9.17, 15) is 4.79 Å². The molecule has 0 saturated heterocycles. The van der Waals surface area contributed by atoms with Gasteiger partial charge in [0.15, 0.2) is 11.2 Å². The first-order chi connectivity index (χ1) is 15.9. The quantitative estimate of drug-likeness (QED) is 0.415. The van der Waals surface area contributed by atoms with Gasteiger partial charge in [-0.3, -0.25) is 4.79 Å². The van der Waals surface area contributed by atoms with Crippen LogP contribution in [0.4, 0.5) is 11.6 Å². The minimum Gasteiger partial charge on any atom is -0.385 e. The maximum absolute atomic E-state index is 12.7. The van der Waals surface area contributed by atoms with Crippen molar-refractivity contribution in [3.8, 4) is 11.3 Å². The van der Waals surface area contributed by atoms with Crippen LogP contribution in [0.15, 0.2) is 36.8 Å². The third-order valence-electron chi connectivity index (χ3n) is 5.29. The Balaban J connectivity index is 1.63. The molecule has 0 radical (unpaired) electrons. The van der Waals surface area contributed by atoms with Crippen molar-refractivity contribution < 1.29 is 9.63 Å². The van der Waals surface area contributed by atoms with Crippen LogP contribution >= 0.6 is 11.6 Å². The number of fused-ring (bicyclic) bond motifs is 3. The first-order valence-corrected chi connectivity index (χ1v) is 10.6.